The van der Waals surface area contributed by atoms with Crippen LogP contribution in [0.2, 0.25) is 0 Å². The molecule has 14 heavy (non-hydrogen) atoms. The first-order valence-corrected chi connectivity index (χ1v) is 5.03. The minimum Gasteiger partial charge on any atom is -0.295 e. The SMILES string of the molecule is C1CCOOC1.CCCCC(=O)C=O. The van der Waals surface area contributed by atoms with Crippen molar-refractivity contribution in [3.05, 3.63) is 0 Å². The van der Waals surface area contributed by atoms with Crippen molar-refractivity contribution in [2.75, 3.05) is 13.2 Å². The Kier molecular flexibility index (Phi) is 9.79. The standard InChI is InChI=1S/C6H10O2.C4H8O2/c1-2-3-4-6(8)5-7;1-2-4-6-5-3-1/h5H,2-4H2,1H3;1-4H2. The van der Waals surface area contributed by atoms with Gasteiger partial charge < -0.3 is 0 Å². The molecule has 0 bridgehead atoms. The van der Waals surface area contributed by atoms with Crippen LogP contribution in [0, 0.1) is 0 Å². The first-order chi connectivity index (χ1) is 6.81. The van der Waals surface area contributed by atoms with E-state index in [4.69, 9.17) is 0 Å². The molecular weight excluding hydrogens is 184 g/mol. The van der Waals surface area contributed by atoms with Crippen LogP contribution < -0.4 is 0 Å². The first-order valence-electron chi connectivity index (χ1n) is 5.03. The number of carbonyl (C=O) groups is 2. The molecule has 0 aromatic rings. The lowest BCUT2D eigenvalue weighted by atomic mass is 10.2. The Hall–Kier alpha value is -0.740. The van der Waals surface area contributed by atoms with Crippen molar-refractivity contribution in [1.82, 2.24) is 0 Å². The number of rotatable bonds is 4. The summed E-state index contributed by atoms with van der Waals surface area (Å²) in [6, 6.07) is 0. The van der Waals surface area contributed by atoms with Crippen molar-refractivity contribution in [2.45, 2.75) is 39.0 Å². The van der Waals surface area contributed by atoms with E-state index in [1.165, 1.54) is 0 Å². The molecule has 0 spiro atoms. The van der Waals surface area contributed by atoms with Crippen LogP contribution in [0.1, 0.15) is 39.0 Å². The van der Waals surface area contributed by atoms with Gasteiger partial charge in [-0.3, -0.25) is 9.59 Å². The van der Waals surface area contributed by atoms with Gasteiger partial charge in [0, 0.05) is 6.42 Å². The molecule has 1 saturated heterocycles. The van der Waals surface area contributed by atoms with Crippen LogP contribution in [0.3, 0.4) is 0 Å². The second-order valence-electron chi connectivity index (χ2n) is 3.04. The molecule has 0 aromatic carbocycles. The second kappa shape index (κ2) is 10.3. The van der Waals surface area contributed by atoms with Crippen LogP contribution in [-0.4, -0.2) is 25.3 Å². The fourth-order valence-electron chi connectivity index (χ4n) is 0.850. The molecule has 0 unspecified atom stereocenters. The summed E-state index contributed by atoms with van der Waals surface area (Å²) in [7, 11) is 0. The van der Waals surface area contributed by atoms with Crippen LogP contribution in [0.15, 0.2) is 0 Å². The predicted octanol–water partition coefficient (Wildman–Crippen LogP) is 1.67. The Labute approximate surface area is 84.5 Å². The number of Topliss-reactive ketones (excluding diaryl/α,β-unsaturated/α-hetero) is 1. The van der Waals surface area contributed by atoms with Crippen LogP contribution in [0.25, 0.3) is 0 Å². The Morgan fingerprint density at radius 3 is 2.14 bits per heavy atom. The average Bonchev–Trinajstić information content (AvgIpc) is 2.29. The first kappa shape index (κ1) is 13.3. The summed E-state index contributed by atoms with van der Waals surface area (Å²) in [4.78, 5) is 29.0. The third kappa shape index (κ3) is 9.35. The summed E-state index contributed by atoms with van der Waals surface area (Å²) in [5.41, 5.74) is 0. The second-order valence-corrected chi connectivity index (χ2v) is 3.04. The third-order valence-electron chi connectivity index (χ3n) is 1.70. The van der Waals surface area contributed by atoms with Crippen LogP contribution >= 0.6 is 0 Å². The smallest absolute Gasteiger partial charge is 0.195 e. The quantitative estimate of drug-likeness (QED) is 0.395. The van der Waals surface area contributed by atoms with Crippen LogP contribution in [0.5, 0.6) is 0 Å². The van der Waals surface area contributed by atoms with Crippen molar-refractivity contribution in [3.8, 4) is 0 Å². The van der Waals surface area contributed by atoms with E-state index in [1.807, 2.05) is 6.92 Å². The lowest BCUT2D eigenvalue weighted by Gasteiger charge is -2.07. The molecule has 4 nitrogen and oxygen atoms in total. The largest absolute Gasteiger partial charge is 0.295 e. The Morgan fingerprint density at radius 2 is 1.86 bits per heavy atom. The van der Waals surface area contributed by atoms with Gasteiger partial charge in [-0.25, -0.2) is 9.78 Å². The minimum atomic E-state index is -0.285. The summed E-state index contributed by atoms with van der Waals surface area (Å²) < 4.78 is 0. The molecule has 1 aliphatic rings. The molecule has 1 heterocycles. The maximum absolute atomic E-state index is 10.2. The van der Waals surface area contributed by atoms with Gasteiger partial charge in [-0.05, 0) is 19.3 Å². The lowest BCUT2D eigenvalue weighted by Crippen LogP contribution is -2.05. The molecule has 0 atom stereocenters. The zero-order valence-electron chi connectivity index (χ0n) is 8.66. The predicted molar refractivity (Wildman–Crippen MR) is 51.7 cm³/mol. The minimum absolute atomic E-state index is 0.285. The highest BCUT2D eigenvalue weighted by Crippen LogP contribution is 1.97. The molecule has 82 valence electrons. The fraction of sp³-hybridized carbons (Fsp3) is 0.800. The van der Waals surface area contributed by atoms with Crippen molar-refractivity contribution in [3.63, 3.8) is 0 Å². The summed E-state index contributed by atoms with van der Waals surface area (Å²) in [6.07, 6.45) is 4.91. The van der Waals surface area contributed by atoms with Gasteiger partial charge in [0.05, 0.1) is 13.2 Å². The number of hydrogen-bond acceptors (Lipinski definition) is 4. The maximum Gasteiger partial charge on any atom is 0.195 e. The molecule has 0 aliphatic carbocycles. The van der Waals surface area contributed by atoms with E-state index in [0.29, 0.717) is 12.7 Å². The number of aldehydes is 1. The lowest BCUT2D eigenvalue weighted by molar-refractivity contribution is -0.312. The van der Waals surface area contributed by atoms with Gasteiger partial charge in [-0.2, -0.15) is 0 Å². The van der Waals surface area contributed by atoms with Gasteiger partial charge in [0.15, 0.2) is 12.1 Å². The fourth-order valence-corrected chi connectivity index (χ4v) is 0.850. The highest BCUT2D eigenvalue weighted by Gasteiger charge is 1.96. The molecule has 0 amide bonds. The molecule has 0 N–H and O–H groups in total. The van der Waals surface area contributed by atoms with Crippen molar-refractivity contribution in [2.24, 2.45) is 0 Å². The van der Waals surface area contributed by atoms with Gasteiger partial charge in [-0.1, -0.05) is 13.3 Å². The molecule has 0 radical (unpaired) electrons. The Balaban J connectivity index is 0.000000249. The Morgan fingerprint density at radius 1 is 1.29 bits per heavy atom. The highest BCUT2D eigenvalue weighted by atomic mass is 17.2. The zero-order chi connectivity index (χ0) is 10.6. The number of ketones is 1. The monoisotopic (exact) mass is 202 g/mol. The van der Waals surface area contributed by atoms with Crippen molar-refractivity contribution >= 4 is 12.1 Å². The van der Waals surface area contributed by atoms with Gasteiger partial charge in [0.25, 0.3) is 0 Å². The van der Waals surface area contributed by atoms with Crippen molar-refractivity contribution in [1.29, 1.82) is 0 Å². The normalized spacial score (nSPS) is 15.2. The van der Waals surface area contributed by atoms with Crippen molar-refractivity contribution < 1.29 is 19.4 Å². The summed E-state index contributed by atoms with van der Waals surface area (Å²) in [5.74, 6) is -0.285. The van der Waals surface area contributed by atoms with Gasteiger partial charge >= 0.3 is 0 Å². The average molecular weight is 202 g/mol. The molecule has 1 aliphatic heterocycles. The Bertz CT molecular complexity index is 141. The van der Waals surface area contributed by atoms with Crippen LogP contribution in [0.4, 0.5) is 0 Å². The molecule has 0 aromatic heterocycles. The molecule has 4 heteroatoms. The molecule has 1 fully saturated rings. The van der Waals surface area contributed by atoms with E-state index in [2.05, 4.69) is 9.78 Å². The van der Waals surface area contributed by atoms with Gasteiger partial charge in [0.1, 0.15) is 0 Å². The van der Waals surface area contributed by atoms with E-state index in [0.717, 1.165) is 38.9 Å². The summed E-state index contributed by atoms with van der Waals surface area (Å²) >= 11 is 0. The number of carbonyl (C=O) groups excluding carboxylic acids is 2. The van der Waals surface area contributed by atoms with E-state index in [1.54, 1.807) is 0 Å². The van der Waals surface area contributed by atoms with E-state index in [-0.39, 0.29) is 5.78 Å². The van der Waals surface area contributed by atoms with Crippen LogP contribution in [-0.2, 0) is 19.4 Å². The third-order valence-corrected chi connectivity index (χ3v) is 1.70. The maximum atomic E-state index is 10.2. The summed E-state index contributed by atoms with van der Waals surface area (Å²) in [5, 5.41) is 0. The van der Waals surface area contributed by atoms with Gasteiger partial charge in [0.2, 0.25) is 0 Å². The van der Waals surface area contributed by atoms with E-state index < -0.39 is 0 Å². The van der Waals surface area contributed by atoms with Gasteiger partial charge in [-0.15, -0.1) is 0 Å². The topological polar surface area (TPSA) is 52.6 Å². The number of unbranched alkanes of at least 4 members (excludes halogenated alkanes) is 1. The molecule has 0 saturated carbocycles. The molecule has 1 rings (SSSR count). The van der Waals surface area contributed by atoms with E-state index >= 15 is 0 Å². The zero-order valence-corrected chi connectivity index (χ0v) is 8.66. The summed E-state index contributed by atoms with van der Waals surface area (Å²) in [6.45, 7) is 3.54. The number of hydrogen-bond donors (Lipinski definition) is 0. The van der Waals surface area contributed by atoms with E-state index in [9.17, 15) is 9.59 Å². The molecular formula is C10H18O4. The highest BCUT2D eigenvalue weighted by molar-refractivity contribution is 6.24.